The first kappa shape index (κ1) is 16.8. The van der Waals surface area contributed by atoms with Crippen LogP contribution in [0.3, 0.4) is 0 Å². The maximum atomic E-state index is 6.02. The van der Waals surface area contributed by atoms with Crippen molar-refractivity contribution < 1.29 is 0 Å². The molecule has 0 bridgehead atoms. The Balaban J connectivity index is 1.60. The molecule has 2 N–H and O–H groups in total. The van der Waals surface area contributed by atoms with Gasteiger partial charge in [-0.2, -0.15) is 5.10 Å². The average Bonchev–Trinajstić information content (AvgIpc) is 2.96. The highest BCUT2D eigenvalue weighted by Gasteiger charge is 2.38. The van der Waals surface area contributed by atoms with Gasteiger partial charge in [0.15, 0.2) is 5.96 Å². The first-order valence-electron chi connectivity index (χ1n) is 8.30. The number of aromatic nitrogens is 2. The zero-order valence-electron chi connectivity index (χ0n) is 14.2. The van der Waals surface area contributed by atoms with Crippen molar-refractivity contribution in [1.82, 2.24) is 20.4 Å². The SMILES string of the molecule is CN=C(NCc1ccnn1C)NCC1(c2ccc(Cl)cc2)CCC1. The molecule has 1 aromatic carbocycles. The average molecular weight is 346 g/mol. The normalized spacial score (nSPS) is 16.5. The molecule has 0 aliphatic heterocycles. The Morgan fingerprint density at radius 3 is 2.54 bits per heavy atom. The van der Waals surface area contributed by atoms with Gasteiger partial charge in [0.1, 0.15) is 0 Å². The van der Waals surface area contributed by atoms with Gasteiger partial charge in [0.05, 0.1) is 12.2 Å². The highest BCUT2D eigenvalue weighted by atomic mass is 35.5. The number of benzene rings is 1. The minimum absolute atomic E-state index is 0.189. The zero-order valence-corrected chi connectivity index (χ0v) is 15.0. The highest BCUT2D eigenvalue weighted by molar-refractivity contribution is 6.30. The van der Waals surface area contributed by atoms with Crippen molar-refractivity contribution in [3.05, 3.63) is 52.8 Å². The van der Waals surface area contributed by atoms with E-state index in [0.29, 0.717) is 6.54 Å². The maximum absolute atomic E-state index is 6.02. The molecule has 1 fully saturated rings. The highest BCUT2D eigenvalue weighted by Crippen LogP contribution is 2.43. The van der Waals surface area contributed by atoms with Gasteiger partial charge in [-0.15, -0.1) is 0 Å². The van der Waals surface area contributed by atoms with E-state index >= 15 is 0 Å². The lowest BCUT2D eigenvalue weighted by atomic mass is 9.64. The fourth-order valence-electron chi connectivity index (χ4n) is 3.20. The Morgan fingerprint density at radius 2 is 2.00 bits per heavy atom. The maximum Gasteiger partial charge on any atom is 0.191 e. The van der Waals surface area contributed by atoms with Crippen molar-refractivity contribution in [1.29, 1.82) is 0 Å². The van der Waals surface area contributed by atoms with Crippen LogP contribution < -0.4 is 10.6 Å². The second-order valence-corrected chi connectivity index (χ2v) is 6.80. The summed E-state index contributed by atoms with van der Waals surface area (Å²) in [5, 5.41) is 11.8. The van der Waals surface area contributed by atoms with E-state index in [2.05, 4.69) is 32.9 Å². The number of hydrogen-bond acceptors (Lipinski definition) is 2. The predicted octanol–water partition coefficient (Wildman–Crippen LogP) is 2.86. The standard InChI is InChI=1S/C18H24ClN5/c1-20-17(21-12-16-8-11-23-24(16)2)22-13-18(9-3-10-18)14-4-6-15(19)7-5-14/h4-8,11H,3,9-10,12-13H2,1-2H3,(H2,20,21,22). The third kappa shape index (κ3) is 3.56. The molecular weight excluding hydrogens is 322 g/mol. The number of nitrogens with zero attached hydrogens (tertiary/aromatic N) is 3. The topological polar surface area (TPSA) is 54.2 Å². The Hall–Kier alpha value is -2.01. The molecule has 1 aliphatic rings. The van der Waals surface area contributed by atoms with Gasteiger partial charge in [-0.3, -0.25) is 9.67 Å². The third-order valence-corrected chi connectivity index (χ3v) is 5.20. The largest absolute Gasteiger partial charge is 0.356 e. The van der Waals surface area contributed by atoms with Gasteiger partial charge in [-0.1, -0.05) is 30.2 Å². The summed E-state index contributed by atoms with van der Waals surface area (Å²) >= 11 is 6.02. The van der Waals surface area contributed by atoms with Gasteiger partial charge in [0.2, 0.25) is 0 Å². The lowest BCUT2D eigenvalue weighted by Crippen LogP contribution is -2.48. The van der Waals surface area contributed by atoms with Crippen LogP contribution in [0.25, 0.3) is 0 Å². The molecule has 5 nitrogen and oxygen atoms in total. The van der Waals surface area contributed by atoms with Gasteiger partial charge in [-0.05, 0) is 36.6 Å². The van der Waals surface area contributed by atoms with E-state index in [1.54, 1.807) is 13.2 Å². The van der Waals surface area contributed by atoms with Crippen molar-refractivity contribution in [3.63, 3.8) is 0 Å². The quantitative estimate of drug-likeness (QED) is 0.647. The van der Waals surface area contributed by atoms with Gasteiger partial charge >= 0.3 is 0 Å². The molecule has 1 aliphatic carbocycles. The molecule has 3 rings (SSSR count). The summed E-state index contributed by atoms with van der Waals surface area (Å²) in [7, 11) is 3.74. The van der Waals surface area contributed by atoms with Crippen molar-refractivity contribution in [2.45, 2.75) is 31.2 Å². The number of hydrogen-bond donors (Lipinski definition) is 2. The summed E-state index contributed by atoms with van der Waals surface area (Å²) in [6, 6.07) is 10.3. The van der Waals surface area contributed by atoms with E-state index in [-0.39, 0.29) is 5.41 Å². The van der Waals surface area contributed by atoms with Crippen molar-refractivity contribution >= 4 is 17.6 Å². The minimum Gasteiger partial charge on any atom is -0.356 e. The number of nitrogens with one attached hydrogen (secondary N) is 2. The van der Waals surface area contributed by atoms with Gasteiger partial charge in [-0.25, -0.2) is 0 Å². The van der Waals surface area contributed by atoms with Gasteiger partial charge in [0.25, 0.3) is 0 Å². The van der Waals surface area contributed by atoms with Crippen LogP contribution in [-0.4, -0.2) is 29.3 Å². The van der Waals surface area contributed by atoms with Crippen molar-refractivity contribution in [2.75, 3.05) is 13.6 Å². The predicted molar refractivity (Wildman–Crippen MR) is 98.4 cm³/mol. The summed E-state index contributed by atoms with van der Waals surface area (Å²) < 4.78 is 1.86. The van der Waals surface area contributed by atoms with E-state index in [1.165, 1.54) is 24.8 Å². The summed E-state index contributed by atoms with van der Waals surface area (Å²) in [6.07, 6.45) is 5.46. The Labute approximate surface area is 148 Å². The molecular formula is C18H24ClN5. The van der Waals surface area contributed by atoms with E-state index < -0.39 is 0 Å². The smallest absolute Gasteiger partial charge is 0.191 e. The minimum atomic E-state index is 0.189. The number of aliphatic imine (C=N–C) groups is 1. The Kier molecular flexibility index (Phi) is 5.09. The second kappa shape index (κ2) is 7.26. The van der Waals surface area contributed by atoms with E-state index in [0.717, 1.165) is 23.2 Å². The molecule has 1 saturated carbocycles. The zero-order chi connectivity index (χ0) is 17.0. The summed E-state index contributed by atoms with van der Waals surface area (Å²) in [5.41, 5.74) is 2.66. The monoisotopic (exact) mass is 345 g/mol. The van der Waals surface area contributed by atoms with Crippen LogP contribution in [0.4, 0.5) is 0 Å². The number of rotatable bonds is 5. The Morgan fingerprint density at radius 1 is 1.25 bits per heavy atom. The van der Waals surface area contributed by atoms with Crippen LogP contribution in [-0.2, 0) is 19.0 Å². The molecule has 0 radical (unpaired) electrons. The van der Waals surface area contributed by atoms with Crippen molar-refractivity contribution in [2.24, 2.45) is 12.0 Å². The third-order valence-electron chi connectivity index (χ3n) is 4.94. The van der Waals surface area contributed by atoms with Crippen LogP contribution in [0.15, 0.2) is 41.5 Å². The van der Waals surface area contributed by atoms with Gasteiger partial charge in [0, 0.05) is 37.3 Å². The fourth-order valence-corrected chi connectivity index (χ4v) is 3.32. The van der Waals surface area contributed by atoms with Crippen LogP contribution in [0.5, 0.6) is 0 Å². The molecule has 0 spiro atoms. The lowest BCUT2D eigenvalue weighted by Gasteiger charge is -2.43. The molecule has 0 amide bonds. The molecule has 0 unspecified atom stereocenters. The lowest BCUT2D eigenvalue weighted by molar-refractivity contribution is 0.244. The molecule has 1 heterocycles. The number of guanidine groups is 1. The first-order chi connectivity index (χ1) is 11.6. The second-order valence-electron chi connectivity index (χ2n) is 6.37. The Bertz CT molecular complexity index is 700. The van der Waals surface area contributed by atoms with E-state index in [4.69, 9.17) is 11.6 Å². The van der Waals surface area contributed by atoms with Crippen LogP contribution in [0, 0.1) is 0 Å². The van der Waals surface area contributed by atoms with Gasteiger partial charge < -0.3 is 10.6 Å². The number of halogens is 1. The van der Waals surface area contributed by atoms with Crippen LogP contribution in [0.2, 0.25) is 5.02 Å². The molecule has 6 heteroatoms. The van der Waals surface area contributed by atoms with E-state index in [1.807, 2.05) is 29.9 Å². The molecule has 0 saturated heterocycles. The van der Waals surface area contributed by atoms with E-state index in [9.17, 15) is 0 Å². The summed E-state index contributed by atoms with van der Waals surface area (Å²) in [6.45, 7) is 1.57. The molecule has 24 heavy (non-hydrogen) atoms. The fraction of sp³-hybridized carbons (Fsp3) is 0.444. The molecule has 2 aromatic rings. The van der Waals surface area contributed by atoms with Crippen molar-refractivity contribution in [3.8, 4) is 0 Å². The molecule has 128 valence electrons. The molecule has 0 atom stereocenters. The van der Waals surface area contributed by atoms with Crippen LogP contribution >= 0.6 is 11.6 Å². The summed E-state index contributed by atoms with van der Waals surface area (Å²) in [5.74, 6) is 0.816. The first-order valence-corrected chi connectivity index (χ1v) is 8.68. The number of aryl methyl sites for hydroxylation is 1. The summed E-state index contributed by atoms with van der Waals surface area (Å²) in [4.78, 5) is 4.33. The molecule has 1 aromatic heterocycles. The van der Waals surface area contributed by atoms with Crippen LogP contribution in [0.1, 0.15) is 30.5 Å².